The first-order valence-corrected chi connectivity index (χ1v) is 7.28. The fourth-order valence-corrected chi connectivity index (χ4v) is 2.79. The Hall–Kier alpha value is -2.04. The number of unbranched alkanes of at least 4 members (excludes halogenated alkanes) is 1. The van der Waals surface area contributed by atoms with E-state index in [1.54, 1.807) is 7.11 Å². The molecule has 114 valence electrons. The minimum atomic E-state index is -0.813. The number of methoxy groups -OCH3 is 1. The van der Waals surface area contributed by atoms with E-state index in [4.69, 9.17) is 9.84 Å². The van der Waals surface area contributed by atoms with Gasteiger partial charge in [-0.05, 0) is 42.9 Å². The van der Waals surface area contributed by atoms with Gasteiger partial charge in [0.05, 0.1) is 13.2 Å². The molecule has 1 aromatic rings. The van der Waals surface area contributed by atoms with Crippen molar-refractivity contribution in [3.8, 4) is 5.75 Å². The van der Waals surface area contributed by atoms with E-state index in [9.17, 15) is 9.59 Å². The van der Waals surface area contributed by atoms with Gasteiger partial charge in [0.1, 0.15) is 5.75 Å². The lowest BCUT2D eigenvalue weighted by Crippen LogP contribution is -2.26. The molecule has 2 rings (SSSR count). The van der Waals surface area contributed by atoms with Crippen molar-refractivity contribution in [3.05, 3.63) is 29.3 Å². The highest BCUT2D eigenvalue weighted by atomic mass is 16.5. The summed E-state index contributed by atoms with van der Waals surface area (Å²) >= 11 is 0. The molecule has 2 N–H and O–H groups in total. The third-order valence-corrected chi connectivity index (χ3v) is 3.83. The summed E-state index contributed by atoms with van der Waals surface area (Å²) in [5.74, 6) is 0.0546. The molecule has 0 spiro atoms. The number of amides is 1. The molecule has 21 heavy (non-hydrogen) atoms. The Kier molecular flexibility index (Phi) is 5.20. The van der Waals surface area contributed by atoms with Crippen LogP contribution < -0.4 is 10.1 Å². The van der Waals surface area contributed by atoms with Gasteiger partial charge in [-0.25, -0.2) is 0 Å². The number of carboxylic acid groups (broad SMARTS) is 1. The van der Waals surface area contributed by atoms with Crippen LogP contribution in [-0.4, -0.2) is 24.1 Å². The molecule has 0 bridgehead atoms. The molecule has 0 saturated heterocycles. The van der Waals surface area contributed by atoms with Gasteiger partial charge in [0.2, 0.25) is 5.91 Å². The quantitative estimate of drug-likeness (QED) is 0.757. The summed E-state index contributed by atoms with van der Waals surface area (Å²) in [7, 11) is 1.66. The van der Waals surface area contributed by atoms with Crippen molar-refractivity contribution in [2.24, 2.45) is 0 Å². The fourth-order valence-electron chi connectivity index (χ4n) is 2.79. The van der Waals surface area contributed by atoms with Crippen LogP contribution in [-0.2, 0) is 16.0 Å². The molecule has 1 unspecified atom stereocenters. The summed E-state index contributed by atoms with van der Waals surface area (Å²) in [5, 5.41) is 11.6. The normalized spacial score (nSPS) is 16.3. The number of carbonyl (C=O) groups is 2. The van der Waals surface area contributed by atoms with Crippen LogP contribution >= 0.6 is 0 Å². The highest BCUT2D eigenvalue weighted by Crippen LogP contribution is 2.36. The molecule has 1 atom stereocenters. The largest absolute Gasteiger partial charge is 0.496 e. The number of ether oxygens (including phenoxy) is 1. The number of hydrogen-bond donors (Lipinski definition) is 2. The van der Waals surface area contributed by atoms with Gasteiger partial charge in [0.15, 0.2) is 0 Å². The Labute approximate surface area is 124 Å². The van der Waals surface area contributed by atoms with Gasteiger partial charge in [0, 0.05) is 12.8 Å². The van der Waals surface area contributed by atoms with Gasteiger partial charge < -0.3 is 15.2 Å². The van der Waals surface area contributed by atoms with Crippen LogP contribution in [0.15, 0.2) is 18.2 Å². The van der Waals surface area contributed by atoms with E-state index in [-0.39, 0.29) is 18.4 Å². The molecule has 0 fully saturated rings. The van der Waals surface area contributed by atoms with Crippen LogP contribution in [0.4, 0.5) is 0 Å². The van der Waals surface area contributed by atoms with Crippen LogP contribution in [0.2, 0.25) is 0 Å². The van der Waals surface area contributed by atoms with Crippen molar-refractivity contribution in [1.82, 2.24) is 5.32 Å². The number of hydrogen-bond acceptors (Lipinski definition) is 3. The number of benzene rings is 1. The van der Waals surface area contributed by atoms with Crippen molar-refractivity contribution in [2.45, 2.75) is 44.6 Å². The predicted octanol–water partition coefficient (Wildman–Crippen LogP) is 2.44. The first-order chi connectivity index (χ1) is 10.1. The standard InChI is InChI=1S/C16H21NO4/c1-21-14-6-4-5-11-12(14)9-10-13(11)17-15(18)7-2-3-8-16(19)20/h4-6,13H,2-3,7-10H2,1H3,(H,17,18)(H,19,20). The maximum absolute atomic E-state index is 11.9. The Balaban J connectivity index is 1.86. The third-order valence-electron chi connectivity index (χ3n) is 3.83. The zero-order valence-corrected chi connectivity index (χ0v) is 12.2. The number of aliphatic carboxylic acids is 1. The minimum Gasteiger partial charge on any atom is -0.496 e. The monoisotopic (exact) mass is 291 g/mol. The highest BCUT2D eigenvalue weighted by Gasteiger charge is 2.26. The molecule has 1 aromatic carbocycles. The molecule has 0 aromatic heterocycles. The van der Waals surface area contributed by atoms with Gasteiger partial charge >= 0.3 is 5.97 Å². The van der Waals surface area contributed by atoms with Gasteiger partial charge in [-0.2, -0.15) is 0 Å². The molecule has 0 saturated carbocycles. The average molecular weight is 291 g/mol. The van der Waals surface area contributed by atoms with Crippen molar-refractivity contribution in [2.75, 3.05) is 7.11 Å². The molecule has 1 aliphatic carbocycles. The smallest absolute Gasteiger partial charge is 0.303 e. The van der Waals surface area contributed by atoms with Gasteiger partial charge in [-0.1, -0.05) is 12.1 Å². The van der Waals surface area contributed by atoms with Crippen molar-refractivity contribution < 1.29 is 19.4 Å². The summed E-state index contributed by atoms with van der Waals surface area (Å²) < 4.78 is 5.34. The number of nitrogens with one attached hydrogen (secondary N) is 1. The number of carboxylic acids is 1. The third kappa shape index (κ3) is 3.97. The summed E-state index contributed by atoms with van der Waals surface area (Å²) in [5.41, 5.74) is 2.31. The molecule has 0 aliphatic heterocycles. The van der Waals surface area contributed by atoms with Crippen molar-refractivity contribution in [1.29, 1.82) is 0 Å². The van der Waals surface area contributed by atoms with Crippen LogP contribution in [0.1, 0.15) is 49.3 Å². The second-order valence-electron chi connectivity index (χ2n) is 5.29. The van der Waals surface area contributed by atoms with E-state index in [0.29, 0.717) is 19.3 Å². The van der Waals surface area contributed by atoms with Crippen molar-refractivity contribution >= 4 is 11.9 Å². The molecule has 0 heterocycles. The maximum Gasteiger partial charge on any atom is 0.303 e. The lowest BCUT2D eigenvalue weighted by atomic mass is 10.1. The first-order valence-electron chi connectivity index (χ1n) is 7.28. The van der Waals surface area contributed by atoms with Gasteiger partial charge in [-0.3, -0.25) is 9.59 Å². The summed E-state index contributed by atoms with van der Waals surface area (Å²) in [6, 6.07) is 5.95. The maximum atomic E-state index is 11.9. The lowest BCUT2D eigenvalue weighted by molar-refractivity contribution is -0.137. The van der Waals surface area contributed by atoms with Crippen LogP contribution in [0.5, 0.6) is 5.75 Å². The first kappa shape index (κ1) is 15.4. The fraction of sp³-hybridized carbons (Fsp3) is 0.500. The van der Waals surface area contributed by atoms with E-state index in [2.05, 4.69) is 5.32 Å². The molecular formula is C16H21NO4. The SMILES string of the molecule is COc1cccc2c1CCC2NC(=O)CCCCC(=O)O. The van der Waals surface area contributed by atoms with Crippen LogP contribution in [0.25, 0.3) is 0 Å². The summed E-state index contributed by atoms with van der Waals surface area (Å²) in [6.07, 6.45) is 3.44. The molecule has 1 aliphatic rings. The molecule has 5 heteroatoms. The topological polar surface area (TPSA) is 75.6 Å². The summed E-state index contributed by atoms with van der Waals surface area (Å²) in [4.78, 5) is 22.3. The zero-order valence-electron chi connectivity index (χ0n) is 12.2. The highest BCUT2D eigenvalue weighted by molar-refractivity contribution is 5.76. The molecule has 0 radical (unpaired) electrons. The Bertz CT molecular complexity index is 527. The number of carbonyl (C=O) groups excluding carboxylic acids is 1. The van der Waals surface area contributed by atoms with E-state index < -0.39 is 5.97 Å². The predicted molar refractivity (Wildman–Crippen MR) is 78.3 cm³/mol. The zero-order chi connectivity index (χ0) is 15.2. The number of rotatable bonds is 7. The lowest BCUT2D eigenvalue weighted by Gasteiger charge is -2.14. The minimum absolute atomic E-state index is 0.0129. The second-order valence-corrected chi connectivity index (χ2v) is 5.29. The van der Waals surface area contributed by atoms with E-state index in [1.165, 1.54) is 5.56 Å². The van der Waals surface area contributed by atoms with Gasteiger partial charge in [-0.15, -0.1) is 0 Å². The van der Waals surface area contributed by atoms with Crippen molar-refractivity contribution in [3.63, 3.8) is 0 Å². The Morgan fingerprint density at radius 3 is 2.81 bits per heavy atom. The molecule has 5 nitrogen and oxygen atoms in total. The van der Waals surface area contributed by atoms with E-state index in [1.807, 2.05) is 18.2 Å². The van der Waals surface area contributed by atoms with Gasteiger partial charge in [0.25, 0.3) is 0 Å². The average Bonchev–Trinajstić information content (AvgIpc) is 2.86. The number of fused-ring (bicyclic) bond motifs is 1. The Morgan fingerprint density at radius 2 is 2.10 bits per heavy atom. The molecule has 1 amide bonds. The Morgan fingerprint density at radius 1 is 1.33 bits per heavy atom. The molecular weight excluding hydrogens is 270 g/mol. The van der Waals surface area contributed by atoms with Crippen LogP contribution in [0.3, 0.4) is 0 Å². The van der Waals surface area contributed by atoms with Crippen LogP contribution in [0, 0.1) is 0 Å². The summed E-state index contributed by atoms with van der Waals surface area (Å²) in [6.45, 7) is 0. The second kappa shape index (κ2) is 7.11. The van der Waals surface area contributed by atoms with E-state index in [0.717, 1.165) is 24.2 Å². The van der Waals surface area contributed by atoms with E-state index >= 15 is 0 Å².